The number of carbonyl (C=O) groups excluding carboxylic acids is 1. The van der Waals surface area contributed by atoms with Crippen molar-refractivity contribution in [2.75, 3.05) is 33.9 Å². The molecule has 0 aromatic heterocycles. The molecule has 30 heavy (non-hydrogen) atoms. The highest BCUT2D eigenvalue weighted by molar-refractivity contribution is 7.92. The molecule has 3 rings (SSSR count). The molecule has 7 heteroatoms. The first-order valence-corrected chi connectivity index (χ1v) is 12.3. The van der Waals surface area contributed by atoms with Crippen LogP contribution in [0.5, 0.6) is 0 Å². The highest BCUT2D eigenvalue weighted by Gasteiger charge is 2.32. The molecule has 0 spiro atoms. The molecule has 162 valence electrons. The average Bonchev–Trinajstić information content (AvgIpc) is 3.22. The minimum absolute atomic E-state index is 0.335. The maximum absolute atomic E-state index is 13.1. The molecule has 2 aromatic carbocycles. The largest absolute Gasteiger partial charge is 0.372 e. The van der Waals surface area contributed by atoms with Gasteiger partial charge < -0.3 is 10.2 Å². The van der Waals surface area contributed by atoms with E-state index in [4.69, 9.17) is 0 Å². The fraction of sp³-hybridized carbons (Fsp3) is 0.435. The number of aryl methyl sites for hydroxylation is 2. The molecule has 0 radical (unpaired) electrons. The zero-order chi connectivity index (χ0) is 21.9. The Bertz CT molecular complexity index is 997. The second-order valence-corrected chi connectivity index (χ2v) is 9.86. The van der Waals surface area contributed by atoms with Crippen molar-refractivity contribution in [2.24, 2.45) is 0 Å². The molecule has 1 aliphatic rings. The van der Waals surface area contributed by atoms with Crippen molar-refractivity contribution in [3.05, 3.63) is 53.6 Å². The summed E-state index contributed by atoms with van der Waals surface area (Å²) in [5.74, 6) is -0.335. The van der Waals surface area contributed by atoms with Gasteiger partial charge >= 0.3 is 0 Å². The van der Waals surface area contributed by atoms with Crippen molar-refractivity contribution in [3.63, 3.8) is 0 Å². The van der Waals surface area contributed by atoms with Gasteiger partial charge in [0.1, 0.15) is 6.04 Å². The second kappa shape index (κ2) is 9.08. The lowest BCUT2D eigenvalue weighted by Gasteiger charge is -2.31. The topological polar surface area (TPSA) is 69.7 Å². The molecule has 1 saturated heterocycles. The van der Waals surface area contributed by atoms with Crippen LogP contribution in [-0.2, 0) is 14.8 Å². The van der Waals surface area contributed by atoms with Crippen LogP contribution in [0.4, 0.5) is 17.1 Å². The van der Waals surface area contributed by atoms with E-state index >= 15 is 0 Å². The molecule has 1 fully saturated rings. The number of nitrogens with one attached hydrogen (secondary N) is 1. The molecule has 1 aliphatic heterocycles. The molecular weight excluding hydrogens is 398 g/mol. The standard InChI is InChI=1S/C23H31N3O3S/c1-5-21(26(30(4,28)29)22-16-17(2)8-9-18(22)3)23(27)24-19-10-12-20(13-11-19)25-14-6-7-15-25/h8-13,16,21H,5-7,14-15H2,1-4H3,(H,24,27)/t21-/m1/s1. The third kappa shape index (κ3) is 4.95. The van der Waals surface area contributed by atoms with Crippen molar-refractivity contribution in [3.8, 4) is 0 Å². The molecule has 1 heterocycles. The van der Waals surface area contributed by atoms with Gasteiger partial charge in [-0.3, -0.25) is 9.10 Å². The van der Waals surface area contributed by atoms with E-state index in [9.17, 15) is 13.2 Å². The fourth-order valence-electron chi connectivity index (χ4n) is 3.95. The van der Waals surface area contributed by atoms with Gasteiger partial charge in [-0.25, -0.2) is 8.42 Å². The Balaban J connectivity index is 1.84. The first-order chi connectivity index (χ1) is 14.2. The van der Waals surface area contributed by atoms with Crippen molar-refractivity contribution in [2.45, 2.75) is 46.1 Å². The van der Waals surface area contributed by atoms with Crippen LogP contribution in [-0.4, -0.2) is 39.7 Å². The van der Waals surface area contributed by atoms with Gasteiger partial charge in [-0.05, 0) is 74.6 Å². The van der Waals surface area contributed by atoms with E-state index in [1.165, 1.54) is 17.1 Å². The molecule has 1 N–H and O–H groups in total. The Morgan fingerprint density at radius 3 is 2.30 bits per heavy atom. The van der Waals surface area contributed by atoms with E-state index in [1.54, 1.807) is 0 Å². The summed E-state index contributed by atoms with van der Waals surface area (Å²) >= 11 is 0. The second-order valence-electron chi connectivity index (χ2n) is 8.00. The third-order valence-corrected chi connectivity index (χ3v) is 6.70. The van der Waals surface area contributed by atoms with Crippen LogP contribution in [0.15, 0.2) is 42.5 Å². The number of hydrogen-bond donors (Lipinski definition) is 1. The molecule has 0 bridgehead atoms. The molecule has 0 aliphatic carbocycles. The molecule has 1 atom stereocenters. The molecular formula is C23H31N3O3S. The van der Waals surface area contributed by atoms with Crippen LogP contribution in [0, 0.1) is 13.8 Å². The van der Waals surface area contributed by atoms with Crippen LogP contribution >= 0.6 is 0 Å². The number of amides is 1. The predicted molar refractivity (Wildman–Crippen MR) is 124 cm³/mol. The summed E-state index contributed by atoms with van der Waals surface area (Å²) in [6.45, 7) is 7.70. The lowest BCUT2D eigenvalue weighted by atomic mass is 10.1. The van der Waals surface area contributed by atoms with Crippen LogP contribution in [0.25, 0.3) is 0 Å². The summed E-state index contributed by atoms with van der Waals surface area (Å²) in [6.07, 6.45) is 3.92. The van der Waals surface area contributed by atoms with E-state index in [0.29, 0.717) is 17.8 Å². The summed E-state index contributed by atoms with van der Waals surface area (Å²) in [6, 6.07) is 12.5. The number of hydrogen-bond acceptors (Lipinski definition) is 4. The van der Waals surface area contributed by atoms with Gasteiger partial charge in [0, 0.05) is 24.5 Å². The number of nitrogens with zero attached hydrogens (tertiary/aromatic N) is 2. The fourth-order valence-corrected chi connectivity index (χ4v) is 5.21. The molecule has 6 nitrogen and oxygen atoms in total. The van der Waals surface area contributed by atoms with Crippen LogP contribution in [0.1, 0.15) is 37.3 Å². The van der Waals surface area contributed by atoms with Gasteiger partial charge in [0.15, 0.2) is 0 Å². The number of rotatable bonds is 7. The van der Waals surface area contributed by atoms with Gasteiger partial charge in [-0.15, -0.1) is 0 Å². The van der Waals surface area contributed by atoms with E-state index in [0.717, 1.165) is 36.2 Å². The van der Waals surface area contributed by atoms with Crippen molar-refractivity contribution < 1.29 is 13.2 Å². The Morgan fingerprint density at radius 2 is 1.73 bits per heavy atom. The number of carbonyl (C=O) groups is 1. The predicted octanol–water partition coefficient (Wildman–Crippen LogP) is 4.09. The van der Waals surface area contributed by atoms with Crippen LogP contribution in [0.3, 0.4) is 0 Å². The highest BCUT2D eigenvalue weighted by Crippen LogP contribution is 2.28. The monoisotopic (exact) mass is 429 g/mol. The zero-order valence-electron chi connectivity index (χ0n) is 18.2. The maximum Gasteiger partial charge on any atom is 0.248 e. The average molecular weight is 430 g/mol. The zero-order valence-corrected chi connectivity index (χ0v) is 19.0. The van der Waals surface area contributed by atoms with Crippen molar-refractivity contribution >= 4 is 33.0 Å². The maximum atomic E-state index is 13.1. The van der Waals surface area contributed by atoms with Crippen molar-refractivity contribution in [1.29, 1.82) is 0 Å². The Kier molecular flexibility index (Phi) is 6.71. The minimum Gasteiger partial charge on any atom is -0.372 e. The Morgan fingerprint density at radius 1 is 1.10 bits per heavy atom. The lowest BCUT2D eigenvalue weighted by molar-refractivity contribution is -0.117. The lowest BCUT2D eigenvalue weighted by Crippen LogP contribution is -2.47. The van der Waals surface area contributed by atoms with Gasteiger partial charge in [0.2, 0.25) is 15.9 Å². The Hall–Kier alpha value is -2.54. The van der Waals surface area contributed by atoms with Gasteiger partial charge in [-0.1, -0.05) is 19.1 Å². The molecule has 2 aromatic rings. The number of anilines is 3. The van der Waals surface area contributed by atoms with Crippen LogP contribution in [0.2, 0.25) is 0 Å². The van der Waals surface area contributed by atoms with Gasteiger partial charge in [-0.2, -0.15) is 0 Å². The summed E-state index contributed by atoms with van der Waals surface area (Å²) in [4.78, 5) is 15.4. The summed E-state index contributed by atoms with van der Waals surface area (Å²) < 4.78 is 26.6. The van der Waals surface area contributed by atoms with Gasteiger partial charge in [0.25, 0.3) is 0 Å². The molecule has 0 unspecified atom stereocenters. The van der Waals surface area contributed by atoms with Crippen molar-refractivity contribution in [1.82, 2.24) is 0 Å². The molecule has 1 amide bonds. The SMILES string of the molecule is CC[C@H](C(=O)Nc1ccc(N2CCCC2)cc1)N(c1cc(C)ccc1C)S(C)(=O)=O. The van der Waals surface area contributed by atoms with E-state index in [1.807, 2.05) is 63.2 Å². The minimum atomic E-state index is -3.66. The van der Waals surface area contributed by atoms with Crippen LogP contribution < -0.4 is 14.5 Å². The first-order valence-electron chi connectivity index (χ1n) is 10.4. The molecule has 0 saturated carbocycles. The Labute approximate surface area is 179 Å². The normalized spacial score (nSPS) is 15.1. The smallest absolute Gasteiger partial charge is 0.248 e. The quantitative estimate of drug-likeness (QED) is 0.720. The highest BCUT2D eigenvalue weighted by atomic mass is 32.2. The number of benzene rings is 2. The first kappa shape index (κ1) is 22.2. The van der Waals surface area contributed by atoms with E-state index in [2.05, 4.69) is 10.2 Å². The third-order valence-electron chi connectivity index (χ3n) is 5.54. The van der Waals surface area contributed by atoms with E-state index in [-0.39, 0.29) is 5.91 Å². The van der Waals surface area contributed by atoms with Gasteiger partial charge in [0.05, 0.1) is 11.9 Å². The summed E-state index contributed by atoms with van der Waals surface area (Å²) in [5, 5.41) is 2.90. The summed E-state index contributed by atoms with van der Waals surface area (Å²) in [5.41, 5.74) is 4.11. The number of sulfonamides is 1. The van der Waals surface area contributed by atoms with E-state index < -0.39 is 16.1 Å². The summed E-state index contributed by atoms with van der Waals surface area (Å²) in [7, 11) is -3.66.